The summed E-state index contributed by atoms with van der Waals surface area (Å²) in [5.74, 6) is 0.514. The largest absolute Gasteiger partial charge is 0.417 e. The van der Waals surface area contributed by atoms with Gasteiger partial charge in [0.15, 0.2) is 0 Å². The number of thioether (sulfide) groups is 1. The lowest BCUT2D eigenvalue weighted by molar-refractivity contribution is -0.139. The van der Waals surface area contributed by atoms with Gasteiger partial charge in [0.05, 0.1) is 5.56 Å². The van der Waals surface area contributed by atoms with Gasteiger partial charge in [-0.2, -0.15) is 13.2 Å². The molecular weight excluding hydrogens is 337 g/mol. The van der Waals surface area contributed by atoms with E-state index in [1.165, 1.54) is 23.9 Å². The van der Waals surface area contributed by atoms with E-state index < -0.39 is 11.7 Å². The number of rotatable bonds is 3. The third-order valence-corrected chi connectivity index (χ3v) is 4.11. The molecule has 0 nitrogen and oxygen atoms in total. The molecule has 0 spiro atoms. The molecule has 2 aromatic carbocycles. The number of halogens is 4. The predicted octanol–water partition coefficient (Wildman–Crippen LogP) is 5.76. The summed E-state index contributed by atoms with van der Waals surface area (Å²) >= 11 is 4.40. The van der Waals surface area contributed by atoms with Crippen molar-refractivity contribution < 1.29 is 13.2 Å². The minimum absolute atomic E-state index is 0.241. The van der Waals surface area contributed by atoms with Gasteiger partial charge < -0.3 is 0 Å². The monoisotopic (exact) mass is 346 g/mol. The Labute approximate surface area is 122 Å². The van der Waals surface area contributed by atoms with Gasteiger partial charge in [-0.05, 0) is 23.8 Å². The molecule has 2 aromatic rings. The van der Waals surface area contributed by atoms with Gasteiger partial charge in [-0.1, -0.05) is 46.3 Å². The summed E-state index contributed by atoms with van der Waals surface area (Å²) in [6.45, 7) is 0. The molecule has 0 bridgehead atoms. The number of hydrogen-bond donors (Lipinski definition) is 0. The van der Waals surface area contributed by atoms with E-state index in [9.17, 15) is 13.2 Å². The molecule has 0 amide bonds. The summed E-state index contributed by atoms with van der Waals surface area (Å²) in [5.41, 5.74) is 0.414. The molecule has 0 N–H and O–H groups in total. The van der Waals surface area contributed by atoms with E-state index >= 15 is 0 Å². The molecule has 100 valence electrons. The van der Waals surface area contributed by atoms with Crippen LogP contribution in [0.25, 0.3) is 0 Å². The van der Waals surface area contributed by atoms with Crippen molar-refractivity contribution in [3.63, 3.8) is 0 Å². The topological polar surface area (TPSA) is 0 Å². The van der Waals surface area contributed by atoms with Crippen molar-refractivity contribution in [2.45, 2.75) is 16.8 Å². The molecule has 0 atom stereocenters. The molecule has 0 aliphatic carbocycles. The number of alkyl halides is 3. The van der Waals surface area contributed by atoms with E-state index in [0.717, 1.165) is 11.6 Å². The minimum Gasteiger partial charge on any atom is -0.166 e. The van der Waals surface area contributed by atoms with Gasteiger partial charge in [0.25, 0.3) is 0 Å². The van der Waals surface area contributed by atoms with Crippen molar-refractivity contribution in [2.24, 2.45) is 0 Å². The zero-order valence-corrected chi connectivity index (χ0v) is 12.1. The molecule has 0 saturated carbocycles. The standard InChI is InChI=1S/C14H10BrF3S/c15-11-6-7-12(14(16,17)18)13(8-11)19-9-10-4-2-1-3-5-10/h1-8H,9H2. The normalized spacial score (nSPS) is 11.6. The molecule has 0 heterocycles. The highest BCUT2D eigenvalue weighted by molar-refractivity contribution is 9.10. The first-order chi connectivity index (χ1) is 8.97. The summed E-state index contributed by atoms with van der Waals surface area (Å²) in [6.07, 6.45) is -4.32. The highest BCUT2D eigenvalue weighted by Gasteiger charge is 2.33. The van der Waals surface area contributed by atoms with Gasteiger partial charge in [0, 0.05) is 15.1 Å². The molecule has 0 radical (unpaired) electrons. The summed E-state index contributed by atoms with van der Waals surface area (Å²) in [6, 6.07) is 13.5. The number of hydrogen-bond acceptors (Lipinski definition) is 1. The van der Waals surface area contributed by atoms with Crippen molar-refractivity contribution in [1.29, 1.82) is 0 Å². The summed E-state index contributed by atoms with van der Waals surface area (Å²) in [4.78, 5) is 0.241. The molecule has 0 saturated heterocycles. The molecule has 0 aliphatic heterocycles. The van der Waals surface area contributed by atoms with Crippen LogP contribution < -0.4 is 0 Å². The summed E-state index contributed by atoms with van der Waals surface area (Å²) in [7, 11) is 0. The Morgan fingerprint density at radius 3 is 2.32 bits per heavy atom. The Hall–Kier alpha value is -0.940. The fourth-order valence-corrected chi connectivity index (χ4v) is 3.16. The predicted molar refractivity (Wildman–Crippen MR) is 75.1 cm³/mol. The highest BCUT2D eigenvalue weighted by Crippen LogP contribution is 2.39. The van der Waals surface area contributed by atoms with Gasteiger partial charge in [-0.25, -0.2) is 0 Å². The van der Waals surface area contributed by atoms with Gasteiger partial charge >= 0.3 is 6.18 Å². The Morgan fingerprint density at radius 1 is 1.00 bits per heavy atom. The first-order valence-electron chi connectivity index (χ1n) is 5.50. The Balaban J connectivity index is 2.22. The highest BCUT2D eigenvalue weighted by atomic mass is 79.9. The molecule has 19 heavy (non-hydrogen) atoms. The molecule has 0 unspecified atom stereocenters. The molecule has 0 aromatic heterocycles. The van der Waals surface area contributed by atoms with Crippen LogP contribution >= 0.6 is 27.7 Å². The summed E-state index contributed by atoms with van der Waals surface area (Å²) in [5, 5.41) is 0. The zero-order chi connectivity index (χ0) is 13.9. The van der Waals surface area contributed by atoms with Crippen LogP contribution in [0, 0.1) is 0 Å². The first kappa shape index (κ1) is 14.5. The first-order valence-corrected chi connectivity index (χ1v) is 7.28. The molecule has 2 rings (SSSR count). The average molecular weight is 347 g/mol. The second-order valence-corrected chi connectivity index (χ2v) is 5.85. The van der Waals surface area contributed by atoms with Gasteiger partial charge in [-0.15, -0.1) is 11.8 Å². The van der Waals surface area contributed by atoms with Gasteiger partial charge in [0.2, 0.25) is 0 Å². The SMILES string of the molecule is FC(F)(F)c1ccc(Br)cc1SCc1ccccc1. The fraction of sp³-hybridized carbons (Fsp3) is 0.143. The second kappa shape index (κ2) is 6.01. The van der Waals surface area contributed by atoms with Gasteiger partial charge in [0.1, 0.15) is 0 Å². The van der Waals surface area contributed by atoms with E-state index in [1.807, 2.05) is 30.3 Å². The van der Waals surface area contributed by atoms with Crippen molar-refractivity contribution >= 4 is 27.7 Å². The van der Waals surface area contributed by atoms with Crippen LogP contribution in [-0.4, -0.2) is 0 Å². The average Bonchev–Trinajstić information content (AvgIpc) is 2.36. The van der Waals surface area contributed by atoms with Crippen LogP contribution in [0.3, 0.4) is 0 Å². The van der Waals surface area contributed by atoms with Crippen molar-refractivity contribution in [3.05, 3.63) is 64.1 Å². The maximum atomic E-state index is 12.9. The quantitative estimate of drug-likeness (QED) is 0.636. The fourth-order valence-electron chi connectivity index (χ4n) is 1.59. The van der Waals surface area contributed by atoms with Crippen molar-refractivity contribution in [1.82, 2.24) is 0 Å². The van der Waals surface area contributed by atoms with Crippen LogP contribution in [0.2, 0.25) is 0 Å². The molecular formula is C14H10BrF3S. The maximum Gasteiger partial charge on any atom is 0.417 e. The van der Waals surface area contributed by atoms with E-state index in [1.54, 1.807) is 0 Å². The van der Waals surface area contributed by atoms with E-state index in [-0.39, 0.29) is 4.90 Å². The number of benzene rings is 2. The van der Waals surface area contributed by atoms with Crippen LogP contribution in [0.5, 0.6) is 0 Å². The second-order valence-electron chi connectivity index (χ2n) is 3.91. The Kier molecular flexibility index (Phi) is 4.58. The van der Waals surface area contributed by atoms with Crippen molar-refractivity contribution in [3.8, 4) is 0 Å². The third kappa shape index (κ3) is 4.01. The molecule has 0 fully saturated rings. The van der Waals surface area contributed by atoms with E-state index in [0.29, 0.717) is 10.2 Å². The van der Waals surface area contributed by atoms with Crippen molar-refractivity contribution in [2.75, 3.05) is 0 Å². The van der Waals surface area contributed by atoms with Crippen LogP contribution in [-0.2, 0) is 11.9 Å². The third-order valence-electron chi connectivity index (χ3n) is 2.49. The van der Waals surface area contributed by atoms with E-state index in [2.05, 4.69) is 15.9 Å². The Morgan fingerprint density at radius 2 is 1.68 bits per heavy atom. The lowest BCUT2D eigenvalue weighted by Gasteiger charge is -2.12. The zero-order valence-electron chi connectivity index (χ0n) is 9.75. The van der Waals surface area contributed by atoms with Crippen LogP contribution in [0.1, 0.15) is 11.1 Å². The lowest BCUT2D eigenvalue weighted by atomic mass is 10.2. The Bertz CT molecular complexity index is 552. The molecule has 5 heteroatoms. The molecule has 0 aliphatic rings. The lowest BCUT2D eigenvalue weighted by Crippen LogP contribution is -2.06. The minimum atomic E-state index is -4.32. The summed E-state index contributed by atoms with van der Waals surface area (Å²) < 4.78 is 39.3. The van der Waals surface area contributed by atoms with Crippen LogP contribution in [0.15, 0.2) is 57.9 Å². The van der Waals surface area contributed by atoms with Gasteiger partial charge in [-0.3, -0.25) is 0 Å². The van der Waals surface area contributed by atoms with E-state index in [4.69, 9.17) is 0 Å². The van der Waals surface area contributed by atoms with Crippen LogP contribution in [0.4, 0.5) is 13.2 Å². The smallest absolute Gasteiger partial charge is 0.166 e. The maximum absolute atomic E-state index is 12.9.